The molecule has 1 aliphatic carbocycles. The fourth-order valence-corrected chi connectivity index (χ4v) is 3.65. The summed E-state index contributed by atoms with van der Waals surface area (Å²) in [5.74, 6) is 0.769. The van der Waals surface area contributed by atoms with Gasteiger partial charge in [-0.3, -0.25) is 4.68 Å². The molecule has 4 rings (SSSR count). The summed E-state index contributed by atoms with van der Waals surface area (Å²) >= 11 is 11.9. The Morgan fingerprint density at radius 1 is 1.14 bits per heavy atom. The highest BCUT2D eigenvalue weighted by Crippen LogP contribution is 2.46. The molecule has 5 nitrogen and oxygen atoms in total. The van der Waals surface area contributed by atoms with Gasteiger partial charge in [0.05, 0.1) is 23.7 Å². The molecule has 0 amide bonds. The van der Waals surface area contributed by atoms with Crippen LogP contribution in [0.3, 0.4) is 0 Å². The molecule has 0 atom stereocenters. The largest absolute Gasteiger partial charge is 0.436 e. The molecule has 1 aliphatic rings. The molecule has 0 N–H and O–H groups in total. The van der Waals surface area contributed by atoms with Crippen LogP contribution in [-0.4, -0.2) is 20.0 Å². The van der Waals surface area contributed by atoms with Gasteiger partial charge in [-0.2, -0.15) is 18.3 Å². The first-order chi connectivity index (χ1) is 13.3. The van der Waals surface area contributed by atoms with Gasteiger partial charge in [0.15, 0.2) is 5.69 Å². The summed E-state index contributed by atoms with van der Waals surface area (Å²) in [5, 5.41) is 12.0. The maximum Gasteiger partial charge on any atom is 0.436 e. The summed E-state index contributed by atoms with van der Waals surface area (Å²) in [6.45, 7) is 0.181. The lowest BCUT2D eigenvalue weighted by Crippen LogP contribution is -2.10. The zero-order valence-corrected chi connectivity index (χ0v) is 16.0. The van der Waals surface area contributed by atoms with E-state index in [9.17, 15) is 13.2 Å². The lowest BCUT2D eigenvalue weighted by Gasteiger charge is -2.04. The summed E-state index contributed by atoms with van der Waals surface area (Å²) in [6, 6.07) is 7.29. The van der Waals surface area contributed by atoms with Crippen molar-refractivity contribution < 1.29 is 17.6 Å². The van der Waals surface area contributed by atoms with Crippen LogP contribution in [0.25, 0.3) is 0 Å². The van der Waals surface area contributed by atoms with Crippen LogP contribution in [0.4, 0.5) is 13.2 Å². The second-order valence-corrected chi connectivity index (χ2v) is 7.50. The van der Waals surface area contributed by atoms with Crippen molar-refractivity contribution in [2.24, 2.45) is 0 Å². The summed E-state index contributed by atoms with van der Waals surface area (Å²) in [7, 11) is 0. The molecule has 148 valence electrons. The molecular weight excluding hydrogens is 416 g/mol. The molecule has 2 aromatic heterocycles. The van der Waals surface area contributed by atoms with Gasteiger partial charge in [0.25, 0.3) is 0 Å². The van der Waals surface area contributed by atoms with Crippen molar-refractivity contribution in [1.82, 2.24) is 20.0 Å². The van der Waals surface area contributed by atoms with Gasteiger partial charge in [0, 0.05) is 17.4 Å². The summed E-state index contributed by atoms with van der Waals surface area (Å²) in [4.78, 5) is 0. The van der Waals surface area contributed by atoms with Crippen LogP contribution < -0.4 is 0 Å². The first-order valence-corrected chi connectivity index (χ1v) is 9.46. The Labute approximate surface area is 168 Å². The van der Waals surface area contributed by atoms with E-state index < -0.39 is 11.9 Å². The van der Waals surface area contributed by atoms with Crippen LogP contribution in [-0.2, 0) is 25.6 Å². The predicted molar refractivity (Wildman–Crippen MR) is 96.5 cm³/mol. The zero-order valence-electron chi connectivity index (χ0n) is 14.5. The minimum absolute atomic E-state index is 0.0252. The number of hydrogen-bond donors (Lipinski definition) is 0. The van der Waals surface area contributed by atoms with E-state index in [1.54, 1.807) is 12.1 Å². The number of nitrogens with zero attached hydrogens (tertiary/aromatic N) is 4. The fourth-order valence-electron chi connectivity index (χ4n) is 3.04. The zero-order chi connectivity index (χ0) is 19.9. The first kappa shape index (κ1) is 19.3. The van der Waals surface area contributed by atoms with E-state index in [4.69, 9.17) is 27.6 Å². The number of aryl methyl sites for hydroxylation is 2. The maximum absolute atomic E-state index is 13.1. The van der Waals surface area contributed by atoms with Gasteiger partial charge < -0.3 is 4.42 Å². The van der Waals surface area contributed by atoms with E-state index >= 15 is 0 Å². The van der Waals surface area contributed by atoms with Crippen molar-refractivity contribution >= 4 is 23.2 Å². The normalized spacial score (nSPS) is 14.6. The lowest BCUT2D eigenvalue weighted by molar-refractivity contribution is -0.141. The number of hydrogen-bond acceptors (Lipinski definition) is 4. The van der Waals surface area contributed by atoms with Gasteiger partial charge in [-0.25, -0.2) is 0 Å². The number of halogens is 5. The molecule has 10 heteroatoms. The summed E-state index contributed by atoms with van der Waals surface area (Å²) in [6.07, 6.45) is -2.27. The van der Waals surface area contributed by atoms with Crippen molar-refractivity contribution in [3.05, 3.63) is 63.0 Å². The first-order valence-electron chi connectivity index (χ1n) is 8.70. The Balaban J connectivity index is 1.47. The highest BCUT2D eigenvalue weighted by Gasteiger charge is 2.42. The Morgan fingerprint density at radius 2 is 1.89 bits per heavy atom. The smallest absolute Gasteiger partial charge is 0.425 e. The molecule has 1 fully saturated rings. The average molecular weight is 431 g/mol. The van der Waals surface area contributed by atoms with Crippen molar-refractivity contribution in [3.8, 4) is 0 Å². The number of benzene rings is 1. The van der Waals surface area contributed by atoms with E-state index in [-0.39, 0.29) is 23.9 Å². The molecule has 0 unspecified atom stereocenters. The minimum Gasteiger partial charge on any atom is -0.425 e. The van der Waals surface area contributed by atoms with E-state index in [2.05, 4.69) is 15.3 Å². The van der Waals surface area contributed by atoms with Gasteiger partial charge in [-0.15, -0.1) is 10.2 Å². The molecule has 1 aromatic carbocycles. The number of alkyl halides is 3. The Morgan fingerprint density at radius 3 is 2.57 bits per heavy atom. The van der Waals surface area contributed by atoms with Gasteiger partial charge in [-0.1, -0.05) is 35.3 Å². The van der Waals surface area contributed by atoms with E-state index in [1.165, 1.54) is 4.68 Å². The Hall–Kier alpha value is -2.06. The van der Waals surface area contributed by atoms with Crippen molar-refractivity contribution in [1.29, 1.82) is 0 Å². The van der Waals surface area contributed by atoms with Crippen LogP contribution in [0.15, 0.2) is 28.7 Å². The maximum atomic E-state index is 13.1. The van der Waals surface area contributed by atoms with Crippen molar-refractivity contribution in [2.75, 3.05) is 0 Å². The highest BCUT2D eigenvalue weighted by molar-refractivity contribution is 6.32. The van der Waals surface area contributed by atoms with Crippen LogP contribution in [0.1, 0.15) is 47.5 Å². The number of aromatic nitrogens is 4. The van der Waals surface area contributed by atoms with Crippen LogP contribution >= 0.6 is 23.2 Å². The standard InChI is InChI=1S/C18H15Cl2F3N4O/c19-12-3-1-2-10(8-12)9-14-25-24-13(28-14)6-7-27-16(11-4-5-11)15(20)17(26-27)18(21,22)23/h1-3,8,11H,4-7,9H2. The molecule has 0 saturated heterocycles. The van der Waals surface area contributed by atoms with Crippen LogP contribution in [0, 0.1) is 0 Å². The minimum atomic E-state index is -4.58. The Kier molecular flexibility index (Phi) is 5.09. The molecule has 2 heterocycles. The monoisotopic (exact) mass is 430 g/mol. The lowest BCUT2D eigenvalue weighted by atomic mass is 10.1. The topological polar surface area (TPSA) is 56.7 Å². The Bertz CT molecular complexity index is 995. The van der Waals surface area contributed by atoms with Crippen molar-refractivity contribution in [3.63, 3.8) is 0 Å². The molecule has 0 radical (unpaired) electrons. The second-order valence-electron chi connectivity index (χ2n) is 6.69. The molecule has 0 spiro atoms. The van der Waals surface area contributed by atoms with E-state index in [1.807, 2.05) is 12.1 Å². The molecule has 28 heavy (non-hydrogen) atoms. The van der Waals surface area contributed by atoms with Gasteiger partial charge in [0.1, 0.15) is 0 Å². The third-order valence-corrected chi connectivity index (χ3v) is 5.06. The highest BCUT2D eigenvalue weighted by atomic mass is 35.5. The van der Waals surface area contributed by atoms with Crippen molar-refractivity contribution in [2.45, 2.75) is 44.3 Å². The molecule has 1 saturated carbocycles. The predicted octanol–water partition coefficient (Wildman–Crippen LogP) is 5.30. The SMILES string of the molecule is FC(F)(F)c1nn(CCc2nnc(Cc3cccc(Cl)c3)o2)c(C2CC2)c1Cl. The molecular formula is C18H15Cl2F3N4O. The molecule has 3 aromatic rings. The third kappa shape index (κ3) is 4.17. The quantitative estimate of drug-likeness (QED) is 0.532. The fraction of sp³-hybridized carbons (Fsp3) is 0.389. The summed E-state index contributed by atoms with van der Waals surface area (Å²) in [5.41, 5.74) is 0.322. The van der Waals surface area contributed by atoms with Gasteiger partial charge >= 0.3 is 6.18 Å². The average Bonchev–Trinajstić information content (AvgIpc) is 3.25. The van der Waals surface area contributed by atoms with Crippen LogP contribution in [0.2, 0.25) is 10.0 Å². The summed E-state index contributed by atoms with van der Waals surface area (Å²) < 4.78 is 46.3. The van der Waals surface area contributed by atoms with E-state index in [0.29, 0.717) is 28.9 Å². The molecule has 0 bridgehead atoms. The van der Waals surface area contributed by atoms with Gasteiger partial charge in [-0.05, 0) is 30.5 Å². The molecule has 0 aliphatic heterocycles. The second kappa shape index (κ2) is 7.40. The third-order valence-electron chi connectivity index (χ3n) is 4.45. The van der Waals surface area contributed by atoms with Crippen LogP contribution in [0.5, 0.6) is 0 Å². The number of rotatable bonds is 6. The van der Waals surface area contributed by atoms with Gasteiger partial charge in [0.2, 0.25) is 11.8 Å². The van der Waals surface area contributed by atoms with E-state index in [0.717, 1.165) is 18.4 Å².